The van der Waals surface area contributed by atoms with Crippen molar-refractivity contribution in [3.63, 3.8) is 0 Å². The third-order valence-electron chi connectivity index (χ3n) is 5.23. The highest BCUT2D eigenvalue weighted by atomic mass is 16.6. The molecule has 32 heavy (non-hydrogen) atoms. The SMILES string of the molecule is CCCCCC=CCC=CCCCCCCCC(=O)O[C@@H](C(C)=O)[C@@H](O)[C@H](O)[C@H](O)CO. The third-order valence-corrected chi connectivity index (χ3v) is 5.23. The van der Waals surface area contributed by atoms with Gasteiger partial charge in [-0.05, 0) is 45.4 Å². The van der Waals surface area contributed by atoms with Crippen LogP contribution in [0.1, 0.15) is 90.9 Å². The first-order valence-corrected chi connectivity index (χ1v) is 12.0. The number of ketones is 1. The van der Waals surface area contributed by atoms with Crippen molar-refractivity contribution in [3.05, 3.63) is 24.3 Å². The van der Waals surface area contributed by atoms with Crippen LogP contribution in [0, 0.1) is 0 Å². The molecule has 7 heteroatoms. The van der Waals surface area contributed by atoms with Crippen molar-refractivity contribution in [2.75, 3.05) is 6.61 Å². The first-order valence-electron chi connectivity index (χ1n) is 12.0. The zero-order valence-corrected chi connectivity index (χ0v) is 19.8. The fourth-order valence-corrected chi connectivity index (χ4v) is 3.19. The number of esters is 1. The van der Waals surface area contributed by atoms with Crippen LogP contribution in [0.15, 0.2) is 24.3 Å². The molecule has 0 saturated carbocycles. The Bertz CT molecular complexity index is 544. The highest BCUT2D eigenvalue weighted by molar-refractivity contribution is 5.84. The van der Waals surface area contributed by atoms with Crippen LogP contribution in [-0.4, -0.2) is 63.2 Å². The molecular formula is C25H44O7. The highest BCUT2D eigenvalue weighted by Gasteiger charge is 2.36. The number of hydrogen-bond donors (Lipinski definition) is 4. The van der Waals surface area contributed by atoms with Crippen molar-refractivity contribution in [1.29, 1.82) is 0 Å². The minimum absolute atomic E-state index is 0.111. The number of carbonyl (C=O) groups is 2. The number of hydrogen-bond acceptors (Lipinski definition) is 7. The summed E-state index contributed by atoms with van der Waals surface area (Å²) in [6, 6.07) is 0. The van der Waals surface area contributed by atoms with E-state index in [1.165, 1.54) is 25.7 Å². The van der Waals surface area contributed by atoms with Gasteiger partial charge in [-0.3, -0.25) is 9.59 Å². The average molecular weight is 457 g/mol. The second kappa shape index (κ2) is 20.1. The zero-order chi connectivity index (χ0) is 24.2. The molecule has 0 aliphatic rings. The maximum Gasteiger partial charge on any atom is 0.306 e. The molecule has 0 amide bonds. The fraction of sp³-hybridized carbons (Fsp3) is 0.760. The lowest BCUT2D eigenvalue weighted by Gasteiger charge is -2.27. The van der Waals surface area contributed by atoms with E-state index in [1.807, 2.05) is 0 Å². The van der Waals surface area contributed by atoms with Gasteiger partial charge in [-0.25, -0.2) is 0 Å². The monoisotopic (exact) mass is 456 g/mol. The Balaban J connectivity index is 3.89. The van der Waals surface area contributed by atoms with E-state index in [4.69, 9.17) is 9.84 Å². The van der Waals surface area contributed by atoms with E-state index in [9.17, 15) is 24.9 Å². The molecule has 0 aliphatic heterocycles. The molecule has 0 spiro atoms. The summed E-state index contributed by atoms with van der Waals surface area (Å²) < 4.78 is 5.00. The Kier molecular flexibility index (Phi) is 19.1. The van der Waals surface area contributed by atoms with Gasteiger partial charge in [0.25, 0.3) is 0 Å². The molecule has 7 nitrogen and oxygen atoms in total. The van der Waals surface area contributed by atoms with Crippen LogP contribution in [0.4, 0.5) is 0 Å². The van der Waals surface area contributed by atoms with Crippen molar-refractivity contribution in [1.82, 2.24) is 0 Å². The van der Waals surface area contributed by atoms with Gasteiger partial charge < -0.3 is 25.2 Å². The first kappa shape index (κ1) is 30.5. The minimum Gasteiger partial charge on any atom is -0.451 e. The number of unbranched alkanes of at least 4 members (excludes halogenated alkanes) is 8. The molecule has 0 rings (SSSR count). The zero-order valence-electron chi connectivity index (χ0n) is 19.8. The minimum atomic E-state index is -1.80. The van der Waals surface area contributed by atoms with Crippen LogP contribution in [0.2, 0.25) is 0 Å². The quantitative estimate of drug-likeness (QED) is 0.126. The van der Waals surface area contributed by atoms with Gasteiger partial charge in [0.2, 0.25) is 0 Å². The Labute approximate surface area is 193 Å². The summed E-state index contributed by atoms with van der Waals surface area (Å²) in [5.41, 5.74) is 0. The summed E-state index contributed by atoms with van der Waals surface area (Å²) >= 11 is 0. The van der Waals surface area contributed by atoms with Crippen molar-refractivity contribution in [3.8, 4) is 0 Å². The highest BCUT2D eigenvalue weighted by Crippen LogP contribution is 2.13. The predicted molar refractivity (Wildman–Crippen MR) is 125 cm³/mol. The van der Waals surface area contributed by atoms with E-state index in [-0.39, 0.29) is 6.42 Å². The molecule has 0 heterocycles. The second-order valence-corrected chi connectivity index (χ2v) is 8.23. The van der Waals surface area contributed by atoms with E-state index in [2.05, 4.69) is 31.2 Å². The molecule has 4 N–H and O–H groups in total. The molecule has 0 radical (unpaired) electrons. The van der Waals surface area contributed by atoms with Crippen molar-refractivity contribution < 1.29 is 34.8 Å². The molecule has 0 bridgehead atoms. The molecule has 0 aromatic carbocycles. The third kappa shape index (κ3) is 15.3. The lowest BCUT2D eigenvalue weighted by atomic mass is 10.0. The van der Waals surface area contributed by atoms with Gasteiger partial charge in [-0.1, -0.05) is 63.3 Å². The van der Waals surface area contributed by atoms with Gasteiger partial charge in [0, 0.05) is 6.42 Å². The van der Waals surface area contributed by atoms with Gasteiger partial charge >= 0.3 is 5.97 Å². The van der Waals surface area contributed by atoms with Crippen LogP contribution < -0.4 is 0 Å². The van der Waals surface area contributed by atoms with Crippen molar-refractivity contribution in [2.45, 2.75) is 115 Å². The molecule has 0 aliphatic carbocycles. The van der Waals surface area contributed by atoms with E-state index >= 15 is 0 Å². The maximum absolute atomic E-state index is 12.0. The molecular weight excluding hydrogens is 412 g/mol. The molecule has 186 valence electrons. The van der Waals surface area contributed by atoms with Gasteiger partial charge in [0.1, 0.15) is 18.3 Å². The van der Waals surface area contributed by atoms with Crippen LogP contribution in [-0.2, 0) is 14.3 Å². The Morgan fingerprint density at radius 3 is 1.94 bits per heavy atom. The van der Waals surface area contributed by atoms with E-state index < -0.39 is 42.8 Å². The topological polar surface area (TPSA) is 124 Å². The molecule has 4 atom stereocenters. The number of allylic oxidation sites excluding steroid dienone is 4. The molecule has 0 saturated heterocycles. The second-order valence-electron chi connectivity index (χ2n) is 8.23. The van der Waals surface area contributed by atoms with Gasteiger partial charge in [-0.15, -0.1) is 0 Å². The van der Waals surface area contributed by atoms with Gasteiger partial charge in [-0.2, -0.15) is 0 Å². The number of aliphatic hydroxyl groups excluding tert-OH is 4. The molecule has 0 unspecified atom stereocenters. The van der Waals surface area contributed by atoms with E-state index in [0.29, 0.717) is 6.42 Å². The van der Waals surface area contributed by atoms with Crippen LogP contribution in [0.3, 0.4) is 0 Å². The van der Waals surface area contributed by atoms with Crippen molar-refractivity contribution >= 4 is 11.8 Å². The lowest BCUT2D eigenvalue weighted by molar-refractivity contribution is -0.172. The summed E-state index contributed by atoms with van der Waals surface area (Å²) in [6.07, 6.45) is 13.9. The average Bonchev–Trinajstić information content (AvgIpc) is 2.78. The predicted octanol–water partition coefficient (Wildman–Crippen LogP) is 3.38. The molecule has 0 aromatic rings. The summed E-state index contributed by atoms with van der Waals surface area (Å²) in [7, 11) is 0. The van der Waals surface area contributed by atoms with Gasteiger partial charge in [0.05, 0.1) is 6.61 Å². The summed E-state index contributed by atoms with van der Waals surface area (Å²) in [4.78, 5) is 23.6. The maximum atomic E-state index is 12.0. The summed E-state index contributed by atoms with van der Waals surface area (Å²) in [6.45, 7) is 2.54. The molecule has 0 fully saturated rings. The summed E-state index contributed by atoms with van der Waals surface area (Å²) in [5.74, 6) is -1.28. The number of aliphatic hydroxyl groups is 4. The Morgan fingerprint density at radius 1 is 0.812 bits per heavy atom. The standard InChI is InChI=1S/C25H44O7/c1-3-4-5-6-7-8-9-10-11-12-13-14-15-16-17-18-22(29)32-25(20(2)27)24(31)23(30)21(28)19-26/h7-8,10-11,21,23-26,28,30-31H,3-6,9,12-19H2,1-2H3/t21-,23-,24+,25+/m1/s1. The first-order chi connectivity index (χ1) is 15.3. The van der Waals surface area contributed by atoms with Crippen LogP contribution in [0.25, 0.3) is 0 Å². The summed E-state index contributed by atoms with van der Waals surface area (Å²) in [5, 5.41) is 37.9. The lowest BCUT2D eigenvalue weighted by Crippen LogP contribution is -2.49. The Hall–Kier alpha value is -1.54. The fourth-order valence-electron chi connectivity index (χ4n) is 3.19. The number of ether oxygens (including phenoxy) is 1. The largest absolute Gasteiger partial charge is 0.451 e. The Morgan fingerprint density at radius 2 is 1.38 bits per heavy atom. The molecule has 0 aromatic heterocycles. The number of carbonyl (C=O) groups excluding carboxylic acids is 2. The van der Waals surface area contributed by atoms with E-state index in [1.54, 1.807) is 0 Å². The smallest absolute Gasteiger partial charge is 0.306 e. The van der Waals surface area contributed by atoms with Crippen LogP contribution >= 0.6 is 0 Å². The van der Waals surface area contributed by atoms with E-state index in [0.717, 1.165) is 45.4 Å². The van der Waals surface area contributed by atoms with Crippen molar-refractivity contribution in [2.24, 2.45) is 0 Å². The van der Waals surface area contributed by atoms with Crippen LogP contribution in [0.5, 0.6) is 0 Å². The van der Waals surface area contributed by atoms with Gasteiger partial charge in [0.15, 0.2) is 11.9 Å². The normalized spacial score (nSPS) is 15.7. The number of rotatable bonds is 20. The number of Topliss-reactive ketones (excluding diaryl/α,β-unsaturated/α-hetero) is 1.